The number of hydrogen-bond acceptors (Lipinski definition) is 0. The first-order chi connectivity index (χ1) is 75.5. The van der Waals surface area contributed by atoms with Crippen LogP contribution in [0.3, 0.4) is 0 Å². The number of hydrogen-bond donors (Lipinski definition) is 0. The molecular weight excluding hydrogens is 1540 g/mol. The van der Waals surface area contributed by atoms with Crippen molar-refractivity contribution in [2.45, 2.75) is 0 Å². The van der Waals surface area contributed by atoms with E-state index in [-0.39, 0.29) is 0 Å². The van der Waals surface area contributed by atoms with Gasteiger partial charge in [-0.3, -0.25) is 0 Å². The average molecular weight is 1670 g/mol. The van der Waals surface area contributed by atoms with E-state index >= 15 is 0 Å². The van der Waals surface area contributed by atoms with E-state index in [4.69, 9.17) is 35.6 Å². The fourth-order valence-corrected chi connectivity index (χ4v) is 20.2. The third kappa shape index (κ3) is 14.0. The van der Waals surface area contributed by atoms with Gasteiger partial charge in [-0.2, -0.15) is 0 Å². The Hall–Kier alpha value is -16.6. The minimum absolute atomic E-state index is 1.22. The SMILES string of the molecule is [2H][2H].[2H][2H].[2H][2H].[2H][2H].[2H][2H].[2H][2H].[2H][2H].[2H][2H].[2H][2H].[2H][2H].[2H][2H].[2H][2H].c1ccc(-c2ccc(-c3ccc(-c4c5ccccc5c(-c5ccccc5)c5ccccc45)c4ccccc34)cc2)cc1.c1ccc(-c2ccc3cc(-c4ccc(-c5c6ccccc6c(-c6cccc7ccccc67)c6ccccc56)cc4)ccc3c2)cc1.c1ccc2cc(-c3ccc(-c4c5ccccc5c(-c5cccc6ccccc56)c5ccccc45)cc3)ccc2c1. The standard InChI is InChI=1S/C46H30.C42H28.C40H26.12H2/c1-2-11-31(12-3-1)35-25-27-38-30-36(26-28-37(38)29-35)32-21-23-34(24-22-32)45-41-16-6-8-18-43(41)46(44-19-9-7-17-42(44)45)40-20-10-14-33-13-4-5-15-39(33)40;1-3-13-29(14-4-1)30-23-25-31(26-24-30)33-27-28-40(35-18-8-7-17-34(33)35)42-38-21-11-9-19-36(38)41(32-15-5-2-6-16-32)37-20-10-12-22-39(37)42;1-2-12-31-26-32(25-22-27(31)10-1)28-20-23-30(24-21-28)39-35-15-5-7-17-37(35)40(38-18-8-6-16-36(38)39)34-19-9-13-29-11-3-4-14-33(29)34;;;;;;;;;;;;/h1-30H;1-28H;1-26H;12*1H/i;;;12*1+1D. The van der Waals surface area contributed by atoms with E-state index in [2.05, 4.69) is 510 Å². The molecule has 620 valence electrons. The summed E-state index contributed by atoms with van der Waals surface area (Å²) in [7, 11) is 0. The molecule has 0 aliphatic heterocycles. The molecule has 0 unspecified atom stereocenters. The Bertz CT molecular complexity index is 8470. The van der Waals surface area contributed by atoms with Crippen LogP contribution in [0.1, 0.15) is 35.6 Å². The van der Waals surface area contributed by atoms with Crippen molar-refractivity contribution in [2.75, 3.05) is 0 Å². The van der Waals surface area contributed by atoms with Crippen LogP contribution in [0.15, 0.2) is 510 Å². The van der Waals surface area contributed by atoms with Crippen molar-refractivity contribution in [1.29, 1.82) is 0 Å². The van der Waals surface area contributed by atoms with E-state index in [0.29, 0.717) is 0 Å². The molecule has 25 aromatic rings. The Balaban J connectivity index is 0.000000196. The molecule has 25 aromatic carbocycles. The first-order valence-electron chi connectivity index (χ1n) is 56.3. The summed E-state index contributed by atoms with van der Waals surface area (Å²) >= 11 is 0. The van der Waals surface area contributed by atoms with E-state index in [0.717, 1.165) is 0 Å². The second-order valence-electron chi connectivity index (χ2n) is 33.5. The summed E-state index contributed by atoms with van der Waals surface area (Å²) in [6.07, 6.45) is 0. The molecule has 0 aliphatic rings. The molecule has 0 aromatic heterocycles. The lowest BCUT2D eigenvalue weighted by molar-refractivity contribution is 1.60. The quantitative estimate of drug-likeness (QED) is 0.113. The minimum Gasteiger partial charge on any atom is -0.0622 e. The lowest BCUT2D eigenvalue weighted by atomic mass is 9.84. The predicted octanol–water partition coefficient (Wildman–Crippen LogP) is 39.0. The molecule has 0 nitrogen and oxygen atoms in total. The Kier molecular flexibility index (Phi) is 16.7. The van der Waals surface area contributed by atoms with Crippen LogP contribution in [0.25, 0.3) is 241 Å². The van der Waals surface area contributed by atoms with Crippen molar-refractivity contribution in [3.05, 3.63) is 510 Å². The highest BCUT2D eigenvalue weighted by molar-refractivity contribution is 6.27. The number of fused-ring (bicyclic) bond motifs is 11. The summed E-state index contributed by atoms with van der Waals surface area (Å²) < 4.78 is 120. The molecule has 0 atom stereocenters. The van der Waals surface area contributed by atoms with Gasteiger partial charge in [0, 0.05) is 35.6 Å². The third-order valence-electron chi connectivity index (χ3n) is 26.2. The zero-order valence-corrected chi connectivity index (χ0v) is 70.5. The van der Waals surface area contributed by atoms with Gasteiger partial charge in [-0.05, 0) is 259 Å². The van der Waals surface area contributed by atoms with Crippen molar-refractivity contribution < 1.29 is 35.6 Å². The lowest BCUT2D eigenvalue weighted by Gasteiger charge is -2.19. The van der Waals surface area contributed by atoms with Crippen LogP contribution in [0.5, 0.6) is 0 Å². The molecule has 0 bridgehead atoms. The van der Waals surface area contributed by atoms with Crippen LogP contribution in [0, 0.1) is 0 Å². The topological polar surface area (TPSA) is 0 Å². The summed E-state index contributed by atoms with van der Waals surface area (Å²) in [6.45, 7) is 0. The van der Waals surface area contributed by atoms with E-state index in [9.17, 15) is 0 Å². The highest BCUT2D eigenvalue weighted by Crippen LogP contribution is 2.51. The zero-order chi connectivity index (χ0) is 109. The van der Waals surface area contributed by atoms with Crippen LogP contribution in [-0.4, -0.2) is 0 Å². The lowest BCUT2D eigenvalue weighted by Crippen LogP contribution is -1.92. The molecule has 0 aliphatic carbocycles. The van der Waals surface area contributed by atoms with Crippen LogP contribution in [0.4, 0.5) is 0 Å². The van der Waals surface area contributed by atoms with Gasteiger partial charge in [0.2, 0.25) is 0 Å². The van der Waals surface area contributed by atoms with Crippen LogP contribution < -0.4 is 0 Å². The maximum atomic E-state index is 5.00. The van der Waals surface area contributed by atoms with Crippen molar-refractivity contribution in [3.8, 4) is 122 Å². The van der Waals surface area contributed by atoms with Gasteiger partial charge in [-0.1, -0.05) is 491 Å². The molecule has 0 amide bonds. The molecule has 0 heteroatoms. The van der Waals surface area contributed by atoms with Gasteiger partial charge in [-0.25, -0.2) is 0 Å². The van der Waals surface area contributed by atoms with Crippen LogP contribution in [-0.2, 0) is 0 Å². The second-order valence-corrected chi connectivity index (χ2v) is 33.5. The van der Waals surface area contributed by atoms with Crippen molar-refractivity contribution in [3.63, 3.8) is 0 Å². The van der Waals surface area contributed by atoms with Gasteiger partial charge in [0.05, 0.1) is 0 Å². The smallest absolute Gasteiger partial charge is 0 e. The van der Waals surface area contributed by atoms with Gasteiger partial charge in [0.15, 0.2) is 0 Å². The van der Waals surface area contributed by atoms with Gasteiger partial charge in [0.25, 0.3) is 0 Å². The highest BCUT2D eigenvalue weighted by Gasteiger charge is 2.24. The molecule has 0 saturated carbocycles. The van der Waals surface area contributed by atoms with Crippen molar-refractivity contribution in [2.24, 2.45) is 0 Å². The molecule has 0 N–H and O–H groups in total. The molecule has 0 radical (unpaired) electrons. The van der Waals surface area contributed by atoms with E-state index in [1.54, 1.807) is 0 Å². The van der Waals surface area contributed by atoms with Crippen LogP contribution >= 0.6 is 0 Å². The molecule has 128 heavy (non-hydrogen) atoms. The molecular formula is C128H108. The largest absolute Gasteiger partial charge is 0.0622 e. The summed E-state index contributed by atoms with van der Waals surface area (Å²) in [5, 5.41) is 28.0. The summed E-state index contributed by atoms with van der Waals surface area (Å²) in [5.74, 6) is 0. The maximum absolute atomic E-state index is 5.00. The fourth-order valence-electron chi connectivity index (χ4n) is 20.2. The van der Waals surface area contributed by atoms with Gasteiger partial charge < -0.3 is 0 Å². The maximum Gasteiger partial charge on any atom is 0 e. The van der Waals surface area contributed by atoms with E-state index in [1.165, 1.54) is 241 Å². The Labute approximate surface area is 782 Å². The van der Waals surface area contributed by atoms with Crippen molar-refractivity contribution in [1.82, 2.24) is 0 Å². The van der Waals surface area contributed by atoms with Gasteiger partial charge in [-0.15, -0.1) is 0 Å². The zero-order valence-electron chi connectivity index (χ0n) is 94.5. The van der Waals surface area contributed by atoms with Crippen LogP contribution in [0.2, 0.25) is 0 Å². The average Bonchev–Trinajstić information content (AvgIpc) is 0.726. The van der Waals surface area contributed by atoms with E-state index < -0.39 is 0 Å². The van der Waals surface area contributed by atoms with Gasteiger partial charge in [0.1, 0.15) is 0 Å². The Morgan fingerprint density at radius 3 is 0.648 bits per heavy atom. The molecule has 25 rings (SSSR count). The van der Waals surface area contributed by atoms with E-state index in [1.807, 2.05) is 0 Å². The first-order valence-corrected chi connectivity index (χ1v) is 44.3. The van der Waals surface area contributed by atoms with Gasteiger partial charge >= 0.3 is 0 Å². The third-order valence-corrected chi connectivity index (χ3v) is 26.2. The Morgan fingerprint density at radius 1 is 0.0938 bits per heavy atom. The first kappa shape index (κ1) is 64.2. The van der Waals surface area contributed by atoms with Crippen molar-refractivity contribution >= 4 is 118 Å². The molecule has 0 fully saturated rings. The second kappa shape index (κ2) is 33.2. The minimum atomic E-state index is 1.22. The fraction of sp³-hybridized carbons (Fsp3) is 0. The summed E-state index contributed by atoms with van der Waals surface area (Å²) in [5.41, 5.74) is 27.7. The summed E-state index contributed by atoms with van der Waals surface area (Å²) in [6, 6.07) is 186. The molecule has 0 saturated heterocycles. The number of rotatable bonds is 11. The Morgan fingerprint density at radius 2 is 0.289 bits per heavy atom. The monoisotopic (exact) mass is 1670 g/mol. The predicted molar refractivity (Wildman–Crippen MR) is 577 cm³/mol. The molecule has 0 heterocycles. The highest BCUT2D eigenvalue weighted by atomic mass is 14.3. The number of benzene rings is 25. The normalized spacial score (nSPS) is 12.2. The molecule has 0 spiro atoms. The summed E-state index contributed by atoms with van der Waals surface area (Å²) in [4.78, 5) is 0.